The predicted octanol–water partition coefficient (Wildman–Crippen LogP) is 3.43. The van der Waals surface area contributed by atoms with Crippen molar-refractivity contribution in [1.29, 1.82) is 0 Å². The number of H-pyrrole nitrogens is 1. The van der Waals surface area contributed by atoms with Crippen molar-refractivity contribution in [3.05, 3.63) is 58.8 Å². The van der Waals surface area contributed by atoms with Crippen molar-refractivity contribution in [2.24, 2.45) is 0 Å². The fourth-order valence-corrected chi connectivity index (χ4v) is 4.34. The van der Waals surface area contributed by atoms with Gasteiger partial charge in [0.2, 0.25) is 0 Å². The molecule has 0 atom stereocenters. The first-order chi connectivity index (χ1) is 14.1. The summed E-state index contributed by atoms with van der Waals surface area (Å²) in [6.45, 7) is 3.70. The van der Waals surface area contributed by atoms with Gasteiger partial charge in [-0.25, -0.2) is 14.8 Å². The van der Waals surface area contributed by atoms with Crippen molar-refractivity contribution in [3.8, 4) is 5.75 Å². The number of anilines is 1. The Bertz CT molecular complexity index is 1250. The summed E-state index contributed by atoms with van der Waals surface area (Å²) < 4.78 is 7.30. The van der Waals surface area contributed by atoms with Crippen LogP contribution in [0.1, 0.15) is 24.4 Å². The number of piperidine rings is 1. The maximum Gasteiger partial charge on any atom is 0.326 e. The number of ether oxygens (including phenoxy) is 1. The van der Waals surface area contributed by atoms with E-state index in [0.29, 0.717) is 0 Å². The second-order valence-corrected chi connectivity index (χ2v) is 7.62. The lowest BCUT2D eigenvalue weighted by atomic mass is 10.0. The molecule has 0 unspecified atom stereocenters. The van der Waals surface area contributed by atoms with Crippen molar-refractivity contribution < 1.29 is 4.74 Å². The van der Waals surface area contributed by atoms with Crippen LogP contribution in [0.2, 0.25) is 0 Å². The van der Waals surface area contributed by atoms with Crippen molar-refractivity contribution in [2.75, 3.05) is 25.1 Å². The smallest absolute Gasteiger partial charge is 0.326 e. The number of imidazole rings is 1. The minimum Gasteiger partial charge on any atom is -0.497 e. The molecule has 0 spiro atoms. The number of benzene rings is 2. The zero-order chi connectivity index (χ0) is 20.0. The highest BCUT2D eigenvalue weighted by atomic mass is 16.5. The Morgan fingerprint density at radius 1 is 1.10 bits per heavy atom. The SMILES string of the molecule is COc1ccc2ncnc(N3CCC(n4c(=O)[nH]c5cc(C)ccc54)CC3)c2c1. The molecular formula is C22H23N5O2. The van der Waals surface area contributed by atoms with Gasteiger partial charge in [-0.05, 0) is 55.7 Å². The van der Waals surface area contributed by atoms with Crippen LogP contribution in [-0.4, -0.2) is 39.7 Å². The maximum absolute atomic E-state index is 12.6. The lowest BCUT2D eigenvalue weighted by Gasteiger charge is -2.33. The third-order valence-electron chi connectivity index (χ3n) is 5.82. The van der Waals surface area contributed by atoms with Gasteiger partial charge in [0.1, 0.15) is 17.9 Å². The minimum absolute atomic E-state index is 0.0266. The summed E-state index contributed by atoms with van der Waals surface area (Å²) >= 11 is 0. The lowest BCUT2D eigenvalue weighted by Crippen LogP contribution is -2.37. The maximum atomic E-state index is 12.6. The quantitative estimate of drug-likeness (QED) is 0.581. The third-order valence-corrected chi connectivity index (χ3v) is 5.82. The van der Waals surface area contributed by atoms with Gasteiger partial charge in [-0.1, -0.05) is 6.07 Å². The number of methoxy groups -OCH3 is 1. The Morgan fingerprint density at radius 3 is 2.72 bits per heavy atom. The molecule has 0 radical (unpaired) electrons. The second kappa shape index (κ2) is 6.92. The number of rotatable bonds is 3. The van der Waals surface area contributed by atoms with Gasteiger partial charge in [0.15, 0.2) is 0 Å². The average Bonchev–Trinajstić information content (AvgIpc) is 3.07. The van der Waals surface area contributed by atoms with E-state index in [4.69, 9.17) is 4.74 Å². The molecule has 7 nitrogen and oxygen atoms in total. The molecule has 3 heterocycles. The minimum atomic E-state index is -0.0266. The number of hydrogen-bond donors (Lipinski definition) is 1. The van der Waals surface area contributed by atoms with Crippen molar-refractivity contribution >= 4 is 27.8 Å². The number of fused-ring (bicyclic) bond motifs is 2. The van der Waals surface area contributed by atoms with E-state index in [-0.39, 0.29) is 11.7 Å². The van der Waals surface area contributed by atoms with E-state index in [1.165, 1.54) is 0 Å². The summed E-state index contributed by atoms with van der Waals surface area (Å²) in [5.74, 6) is 1.72. The standard InChI is InChI=1S/C22H23N5O2/c1-14-3-6-20-19(11-14)25-22(28)27(20)15-7-9-26(10-8-15)21-17-12-16(29-2)4-5-18(17)23-13-24-21/h3-6,11-13,15H,7-10H2,1-2H3,(H,25,28). The first kappa shape index (κ1) is 17.7. The highest BCUT2D eigenvalue weighted by Crippen LogP contribution is 2.31. The molecule has 1 fully saturated rings. The fourth-order valence-electron chi connectivity index (χ4n) is 4.34. The summed E-state index contributed by atoms with van der Waals surface area (Å²) in [6, 6.07) is 12.2. The molecule has 1 saturated heterocycles. The Kier molecular flexibility index (Phi) is 4.23. The van der Waals surface area contributed by atoms with Crippen molar-refractivity contribution in [2.45, 2.75) is 25.8 Å². The number of hydrogen-bond acceptors (Lipinski definition) is 5. The van der Waals surface area contributed by atoms with Gasteiger partial charge in [0.25, 0.3) is 0 Å². The van der Waals surface area contributed by atoms with E-state index in [2.05, 4.69) is 25.9 Å². The van der Waals surface area contributed by atoms with E-state index in [1.54, 1.807) is 13.4 Å². The van der Waals surface area contributed by atoms with Gasteiger partial charge in [-0.2, -0.15) is 0 Å². The van der Waals surface area contributed by atoms with E-state index < -0.39 is 0 Å². The number of nitrogens with zero attached hydrogens (tertiary/aromatic N) is 4. The highest BCUT2D eigenvalue weighted by molar-refractivity contribution is 5.90. The van der Waals surface area contributed by atoms with Crippen LogP contribution in [0.4, 0.5) is 5.82 Å². The average molecular weight is 389 g/mol. The normalized spacial score (nSPS) is 15.3. The molecule has 29 heavy (non-hydrogen) atoms. The molecule has 0 aliphatic carbocycles. The highest BCUT2D eigenvalue weighted by Gasteiger charge is 2.25. The number of aromatic amines is 1. The first-order valence-electron chi connectivity index (χ1n) is 9.88. The van der Waals surface area contributed by atoms with E-state index >= 15 is 0 Å². The molecule has 1 aliphatic rings. The summed E-state index contributed by atoms with van der Waals surface area (Å²) in [5, 5.41) is 0.991. The molecule has 148 valence electrons. The van der Waals surface area contributed by atoms with Gasteiger partial charge < -0.3 is 14.6 Å². The van der Waals surface area contributed by atoms with Crippen LogP contribution >= 0.6 is 0 Å². The van der Waals surface area contributed by atoms with E-state index in [0.717, 1.165) is 65.0 Å². The fraction of sp³-hybridized carbons (Fsp3) is 0.318. The predicted molar refractivity (Wildman–Crippen MR) is 114 cm³/mol. The largest absolute Gasteiger partial charge is 0.497 e. The van der Waals surface area contributed by atoms with Crippen molar-refractivity contribution in [1.82, 2.24) is 19.5 Å². The van der Waals surface area contributed by atoms with Crippen LogP contribution in [0.3, 0.4) is 0 Å². The molecule has 5 rings (SSSR count). The molecule has 1 aliphatic heterocycles. The molecule has 7 heteroatoms. The molecule has 0 amide bonds. The molecule has 4 aromatic rings. The van der Waals surface area contributed by atoms with Crippen LogP contribution in [0.5, 0.6) is 5.75 Å². The Hall–Kier alpha value is -3.35. The zero-order valence-corrected chi connectivity index (χ0v) is 16.6. The Labute approximate surface area is 168 Å². The van der Waals surface area contributed by atoms with Crippen LogP contribution in [0, 0.1) is 6.92 Å². The topological polar surface area (TPSA) is 76.0 Å². The Balaban J connectivity index is 1.44. The Morgan fingerprint density at radius 2 is 1.93 bits per heavy atom. The van der Waals surface area contributed by atoms with Gasteiger partial charge in [0, 0.05) is 24.5 Å². The number of nitrogens with one attached hydrogen (secondary N) is 1. The number of aromatic nitrogens is 4. The molecule has 1 N–H and O–H groups in total. The third kappa shape index (κ3) is 3.03. The van der Waals surface area contributed by atoms with Gasteiger partial charge >= 0.3 is 5.69 Å². The van der Waals surface area contributed by atoms with E-state index in [1.807, 2.05) is 41.8 Å². The van der Waals surface area contributed by atoms with E-state index in [9.17, 15) is 4.79 Å². The lowest BCUT2D eigenvalue weighted by molar-refractivity contribution is 0.395. The van der Waals surface area contributed by atoms with Gasteiger partial charge in [-0.15, -0.1) is 0 Å². The van der Waals surface area contributed by atoms with Crippen LogP contribution < -0.4 is 15.3 Å². The van der Waals surface area contributed by atoms with Crippen LogP contribution in [0.25, 0.3) is 21.9 Å². The van der Waals surface area contributed by atoms with Crippen molar-refractivity contribution in [3.63, 3.8) is 0 Å². The molecule has 2 aromatic heterocycles. The number of aryl methyl sites for hydroxylation is 1. The molecular weight excluding hydrogens is 366 g/mol. The molecule has 0 saturated carbocycles. The zero-order valence-electron chi connectivity index (χ0n) is 16.6. The second-order valence-electron chi connectivity index (χ2n) is 7.62. The molecule has 0 bridgehead atoms. The van der Waals surface area contributed by atoms with Gasteiger partial charge in [0.05, 0.1) is 23.7 Å². The van der Waals surface area contributed by atoms with Crippen LogP contribution in [0.15, 0.2) is 47.5 Å². The first-order valence-corrected chi connectivity index (χ1v) is 9.88. The summed E-state index contributed by atoms with van der Waals surface area (Å²) in [5.41, 5.74) is 3.91. The van der Waals surface area contributed by atoms with Gasteiger partial charge in [-0.3, -0.25) is 4.57 Å². The monoisotopic (exact) mass is 389 g/mol. The summed E-state index contributed by atoms with van der Waals surface area (Å²) in [4.78, 5) is 26.8. The van der Waals surface area contributed by atoms with Crippen LogP contribution in [-0.2, 0) is 0 Å². The summed E-state index contributed by atoms with van der Waals surface area (Å²) in [7, 11) is 1.66. The summed E-state index contributed by atoms with van der Waals surface area (Å²) in [6.07, 6.45) is 3.38. The molecule has 2 aromatic carbocycles.